The number of alkyl halides is 3. The van der Waals surface area contributed by atoms with E-state index < -0.39 is 6.36 Å². The summed E-state index contributed by atoms with van der Waals surface area (Å²) >= 11 is 0. The molecule has 2 nitrogen and oxygen atoms in total. The third kappa shape index (κ3) is 2.63. The molecule has 0 spiro atoms. The van der Waals surface area contributed by atoms with Gasteiger partial charge in [0.15, 0.2) is 5.78 Å². The van der Waals surface area contributed by atoms with E-state index in [1.54, 1.807) is 18.2 Å². The average molecular weight is 292 g/mol. The van der Waals surface area contributed by atoms with E-state index in [1.807, 2.05) is 6.07 Å². The number of ketones is 1. The Kier molecular flexibility index (Phi) is 3.20. The highest BCUT2D eigenvalue weighted by molar-refractivity contribution is 6.06. The van der Waals surface area contributed by atoms with Crippen LogP contribution in [0.4, 0.5) is 13.2 Å². The fraction of sp³-hybridized carbons (Fsp3) is 0.188. The summed E-state index contributed by atoms with van der Waals surface area (Å²) in [5.41, 5.74) is 2.16. The van der Waals surface area contributed by atoms with Crippen molar-refractivity contribution >= 4 is 5.78 Å². The molecule has 2 aromatic carbocycles. The van der Waals surface area contributed by atoms with E-state index in [9.17, 15) is 18.0 Å². The number of benzene rings is 2. The van der Waals surface area contributed by atoms with Gasteiger partial charge in [0.2, 0.25) is 0 Å². The van der Waals surface area contributed by atoms with Crippen LogP contribution in [-0.2, 0) is 6.42 Å². The smallest absolute Gasteiger partial charge is 0.405 e. The normalized spacial score (nSPS) is 14.1. The maximum Gasteiger partial charge on any atom is 0.573 e. The van der Waals surface area contributed by atoms with Crippen molar-refractivity contribution in [1.29, 1.82) is 0 Å². The molecule has 0 aromatic heterocycles. The first-order valence-electron chi connectivity index (χ1n) is 6.46. The van der Waals surface area contributed by atoms with Crippen LogP contribution in [0.5, 0.6) is 5.75 Å². The van der Waals surface area contributed by atoms with Gasteiger partial charge in [-0.25, -0.2) is 0 Å². The molecule has 0 bridgehead atoms. The van der Waals surface area contributed by atoms with Crippen LogP contribution in [0.2, 0.25) is 0 Å². The summed E-state index contributed by atoms with van der Waals surface area (Å²) in [5.74, 6) is -0.333. The molecule has 0 saturated heterocycles. The van der Waals surface area contributed by atoms with E-state index in [2.05, 4.69) is 4.74 Å². The van der Waals surface area contributed by atoms with Crippen molar-refractivity contribution in [2.24, 2.45) is 0 Å². The van der Waals surface area contributed by atoms with Crippen molar-refractivity contribution < 1.29 is 22.7 Å². The Morgan fingerprint density at radius 3 is 2.38 bits per heavy atom. The van der Waals surface area contributed by atoms with E-state index in [0.29, 0.717) is 24.0 Å². The molecule has 0 N–H and O–H groups in total. The van der Waals surface area contributed by atoms with Gasteiger partial charge in [-0.05, 0) is 23.6 Å². The molecule has 0 atom stereocenters. The molecule has 2 aromatic rings. The zero-order valence-electron chi connectivity index (χ0n) is 10.9. The standard InChI is InChI=1S/C16H11F3O2/c17-16(18,19)21-14-7-2-1-5-11(14)12-6-3-4-10-8-9-13(20)15(10)12/h1-7H,8-9H2. The molecule has 0 radical (unpaired) electrons. The second-order valence-electron chi connectivity index (χ2n) is 4.81. The highest BCUT2D eigenvalue weighted by Crippen LogP contribution is 2.38. The van der Waals surface area contributed by atoms with Gasteiger partial charge in [0.25, 0.3) is 0 Å². The van der Waals surface area contributed by atoms with Gasteiger partial charge in [0.1, 0.15) is 5.75 Å². The van der Waals surface area contributed by atoms with Crippen LogP contribution in [0.1, 0.15) is 22.3 Å². The zero-order chi connectivity index (χ0) is 15.0. The lowest BCUT2D eigenvalue weighted by Gasteiger charge is -2.15. The molecule has 0 fully saturated rings. The number of Topliss-reactive ketones (excluding diaryl/α,β-unsaturated/α-hetero) is 1. The maximum absolute atomic E-state index is 12.5. The highest BCUT2D eigenvalue weighted by atomic mass is 19.4. The third-order valence-corrected chi connectivity index (χ3v) is 3.45. The van der Waals surface area contributed by atoms with E-state index in [0.717, 1.165) is 5.56 Å². The molecule has 0 amide bonds. The fourth-order valence-corrected chi connectivity index (χ4v) is 2.64. The van der Waals surface area contributed by atoms with Gasteiger partial charge in [-0.15, -0.1) is 13.2 Å². The largest absolute Gasteiger partial charge is 0.573 e. The number of hydrogen-bond donors (Lipinski definition) is 0. The third-order valence-electron chi connectivity index (χ3n) is 3.45. The van der Waals surface area contributed by atoms with Gasteiger partial charge in [0.05, 0.1) is 0 Å². The van der Waals surface area contributed by atoms with Gasteiger partial charge in [-0.2, -0.15) is 0 Å². The van der Waals surface area contributed by atoms with Crippen LogP contribution in [0.3, 0.4) is 0 Å². The summed E-state index contributed by atoms with van der Waals surface area (Å²) < 4.78 is 41.6. The summed E-state index contributed by atoms with van der Waals surface area (Å²) in [7, 11) is 0. The van der Waals surface area contributed by atoms with Gasteiger partial charge >= 0.3 is 6.36 Å². The molecule has 1 aliphatic rings. The monoisotopic (exact) mass is 292 g/mol. The van der Waals surface area contributed by atoms with Gasteiger partial charge < -0.3 is 4.74 Å². The van der Waals surface area contributed by atoms with E-state index in [1.165, 1.54) is 18.2 Å². The summed E-state index contributed by atoms with van der Waals surface area (Å²) in [5, 5.41) is 0. The van der Waals surface area contributed by atoms with Crippen LogP contribution in [-0.4, -0.2) is 12.1 Å². The number of para-hydroxylation sites is 1. The minimum Gasteiger partial charge on any atom is -0.405 e. The van der Waals surface area contributed by atoms with Crippen LogP contribution in [0.25, 0.3) is 11.1 Å². The van der Waals surface area contributed by atoms with Gasteiger partial charge in [-0.1, -0.05) is 36.4 Å². The highest BCUT2D eigenvalue weighted by Gasteiger charge is 2.33. The van der Waals surface area contributed by atoms with Crippen molar-refractivity contribution in [1.82, 2.24) is 0 Å². The predicted molar refractivity (Wildman–Crippen MR) is 71.2 cm³/mol. The van der Waals surface area contributed by atoms with Crippen molar-refractivity contribution in [3.05, 3.63) is 53.6 Å². The molecule has 3 rings (SSSR count). The fourth-order valence-electron chi connectivity index (χ4n) is 2.64. The zero-order valence-corrected chi connectivity index (χ0v) is 10.9. The SMILES string of the molecule is O=C1CCc2cccc(-c3ccccc3OC(F)(F)F)c21. The minimum atomic E-state index is -4.77. The number of fused-ring (bicyclic) bond motifs is 1. The van der Waals surface area contributed by atoms with E-state index in [4.69, 9.17) is 0 Å². The Hall–Kier alpha value is -2.30. The summed E-state index contributed by atoms with van der Waals surface area (Å²) in [6.45, 7) is 0. The average Bonchev–Trinajstić information content (AvgIpc) is 2.80. The minimum absolute atomic E-state index is 0.0394. The first-order chi connectivity index (χ1) is 9.96. The van der Waals surface area contributed by atoms with Crippen molar-refractivity contribution in [3.8, 4) is 16.9 Å². The molecule has 21 heavy (non-hydrogen) atoms. The lowest BCUT2D eigenvalue weighted by molar-refractivity contribution is -0.274. The Morgan fingerprint density at radius 1 is 0.905 bits per heavy atom. The number of carbonyl (C=O) groups is 1. The van der Waals surface area contributed by atoms with Crippen LogP contribution >= 0.6 is 0 Å². The Morgan fingerprint density at radius 2 is 1.62 bits per heavy atom. The van der Waals surface area contributed by atoms with Crippen molar-refractivity contribution in [2.75, 3.05) is 0 Å². The van der Waals surface area contributed by atoms with Gasteiger partial charge in [0, 0.05) is 17.5 Å². The van der Waals surface area contributed by atoms with Crippen LogP contribution in [0.15, 0.2) is 42.5 Å². The molecule has 0 saturated carbocycles. The number of hydrogen-bond acceptors (Lipinski definition) is 2. The Bertz CT molecular complexity index is 705. The molecule has 0 unspecified atom stereocenters. The molecule has 0 heterocycles. The summed E-state index contributed by atoms with van der Waals surface area (Å²) in [6.07, 6.45) is -3.74. The summed E-state index contributed by atoms with van der Waals surface area (Å²) in [6, 6.07) is 11.1. The number of aryl methyl sites for hydroxylation is 1. The molecular formula is C16H11F3O2. The first kappa shape index (κ1) is 13.7. The molecular weight excluding hydrogens is 281 g/mol. The summed E-state index contributed by atoms with van der Waals surface area (Å²) in [4.78, 5) is 12.0. The Balaban J connectivity index is 2.15. The number of halogens is 3. The Labute approximate surface area is 119 Å². The lowest BCUT2D eigenvalue weighted by Crippen LogP contribution is -2.17. The molecule has 1 aliphatic carbocycles. The number of ether oxygens (including phenoxy) is 1. The molecule has 0 aliphatic heterocycles. The molecule has 108 valence electrons. The topological polar surface area (TPSA) is 26.3 Å². The van der Waals surface area contributed by atoms with E-state index in [-0.39, 0.29) is 17.1 Å². The van der Waals surface area contributed by atoms with Gasteiger partial charge in [-0.3, -0.25) is 4.79 Å². The number of carbonyl (C=O) groups excluding carboxylic acids is 1. The quantitative estimate of drug-likeness (QED) is 0.821. The second kappa shape index (κ2) is 4.91. The van der Waals surface area contributed by atoms with Crippen LogP contribution < -0.4 is 4.74 Å². The second-order valence-corrected chi connectivity index (χ2v) is 4.81. The van der Waals surface area contributed by atoms with Crippen LogP contribution in [0, 0.1) is 0 Å². The number of rotatable bonds is 2. The van der Waals surface area contributed by atoms with Crippen molar-refractivity contribution in [2.45, 2.75) is 19.2 Å². The molecule has 5 heteroatoms. The lowest BCUT2D eigenvalue weighted by atomic mass is 9.96. The van der Waals surface area contributed by atoms with E-state index >= 15 is 0 Å². The predicted octanol–water partition coefficient (Wildman–Crippen LogP) is 4.38. The van der Waals surface area contributed by atoms with Crippen molar-refractivity contribution in [3.63, 3.8) is 0 Å². The first-order valence-corrected chi connectivity index (χ1v) is 6.46. The maximum atomic E-state index is 12.5.